The van der Waals surface area contributed by atoms with E-state index in [0.717, 1.165) is 11.1 Å². The normalized spacial score (nSPS) is 14.9. The molecule has 0 aromatic heterocycles. The molecular weight excluding hydrogens is 467 g/mol. The molecule has 0 nitrogen and oxygen atoms in total. The topological polar surface area (TPSA) is 0 Å². The second kappa shape index (κ2) is 9.03. The van der Waals surface area contributed by atoms with Crippen LogP contribution in [0.3, 0.4) is 0 Å². The molecule has 0 fully saturated rings. The van der Waals surface area contributed by atoms with Gasteiger partial charge in [0.15, 0.2) is 7.59 Å². The summed E-state index contributed by atoms with van der Waals surface area (Å²) >= 11 is 36.2. The molecule has 0 radical (unpaired) electrons. The Hall–Kier alpha value is 0.0400. The van der Waals surface area contributed by atoms with E-state index in [1.54, 1.807) is 24.3 Å². The second-order valence-corrected chi connectivity index (χ2v) is 11.0. The summed E-state index contributed by atoms with van der Waals surface area (Å²) < 4.78 is 23.5. The zero-order valence-electron chi connectivity index (χ0n) is 13.2. The third-order valence-electron chi connectivity index (χ3n) is 3.98. The third kappa shape index (κ3) is 7.22. The van der Waals surface area contributed by atoms with Gasteiger partial charge in [-0.3, -0.25) is 0 Å². The average molecular weight is 481 g/mol. The zero-order valence-corrected chi connectivity index (χ0v) is 17.7. The minimum absolute atomic E-state index is 0.103. The maximum Gasteiger partial charge on any atom is 0.191 e. The Balaban J connectivity index is 2.51. The fourth-order valence-electron chi connectivity index (χ4n) is 2.90. The van der Waals surface area contributed by atoms with Gasteiger partial charge in [-0.15, -0.1) is 0 Å². The van der Waals surface area contributed by atoms with Crippen LogP contribution in [0.1, 0.15) is 35.8 Å². The van der Waals surface area contributed by atoms with Crippen LogP contribution in [0, 0.1) is 11.6 Å². The fraction of sp³-hybridized carbons (Fsp3) is 0.333. The molecule has 0 aliphatic rings. The Morgan fingerprint density at radius 2 is 0.846 bits per heavy atom. The summed E-state index contributed by atoms with van der Waals surface area (Å²) in [6.45, 7) is 0. The van der Waals surface area contributed by atoms with Crippen LogP contribution in [0.15, 0.2) is 48.5 Å². The van der Waals surface area contributed by atoms with E-state index in [4.69, 9.17) is 69.6 Å². The summed E-state index contributed by atoms with van der Waals surface area (Å²) in [7, 11) is 0. The first-order chi connectivity index (χ1) is 11.9. The van der Waals surface area contributed by atoms with Crippen LogP contribution in [0.2, 0.25) is 0 Å². The fourth-order valence-corrected chi connectivity index (χ4v) is 3.90. The van der Waals surface area contributed by atoms with Gasteiger partial charge in [-0.25, -0.2) is 8.78 Å². The molecular formula is C18H14Cl6F2. The first-order valence-electron chi connectivity index (χ1n) is 7.59. The van der Waals surface area contributed by atoms with Crippen molar-refractivity contribution in [2.75, 3.05) is 0 Å². The van der Waals surface area contributed by atoms with Gasteiger partial charge < -0.3 is 0 Å². The highest BCUT2D eigenvalue weighted by Gasteiger charge is 2.37. The van der Waals surface area contributed by atoms with Crippen LogP contribution in [0.4, 0.5) is 8.78 Å². The van der Waals surface area contributed by atoms with E-state index < -0.39 is 19.4 Å². The van der Waals surface area contributed by atoms with Crippen molar-refractivity contribution in [3.63, 3.8) is 0 Å². The molecule has 0 bridgehead atoms. The van der Waals surface area contributed by atoms with Crippen LogP contribution in [-0.2, 0) is 0 Å². The lowest BCUT2D eigenvalue weighted by atomic mass is 9.78. The van der Waals surface area contributed by atoms with Crippen molar-refractivity contribution in [2.24, 2.45) is 0 Å². The molecule has 2 unspecified atom stereocenters. The Labute approximate surface area is 181 Å². The second-order valence-electron chi connectivity index (χ2n) is 5.95. The molecule has 0 amide bonds. The van der Waals surface area contributed by atoms with Gasteiger partial charge in [-0.1, -0.05) is 93.9 Å². The van der Waals surface area contributed by atoms with Gasteiger partial charge in [-0.2, -0.15) is 0 Å². The first kappa shape index (κ1) is 22.3. The maximum atomic E-state index is 13.3. The number of hydrogen-bond donors (Lipinski definition) is 0. The third-order valence-corrected chi connectivity index (χ3v) is 4.91. The van der Waals surface area contributed by atoms with Crippen molar-refractivity contribution in [2.45, 2.75) is 32.3 Å². The molecule has 2 rings (SSSR count). The summed E-state index contributed by atoms with van der Waals surface area (Å²) in [4.78, 5) is 0. The molecule has 0 saturated carbocycles. The monoisotopic (exact) mass is 478 g/mol. The molecule has 2 aromatic carbocycles. The van der Waals surface area contributed by atoms with Crippen molar-refractivity contribution in [3.8, 4) is 0 Å². The highest BCUT2D eigenvalue weighted by atomic mass is 35.6. The van der Waals surface area contributed by atoms with Gasteiger partial charge in [0.1, 0.15) is 11.6 Å². The average Bonchev–Trinajstić information content (AvgIpc) is 2.51. The van der Waals surface area contributed by atoms with Gasteiger partial charge in [-0.05, 0) is 47.2 Å². The van der Waals surface area contributed by atoms with E-state index in [-0.39, 0.29) is 24.5 Å². The summed E-state index contributed by atoms with van der Waals surface area (Å²) in [5.41, 5.74) is 1.45. The van der Waals surface area contributed by atoms with Crippen molar-refractivity contribution < 1.29 is 8.78 Å². The van der Waals surface area contributed by atoms with Gasteiger partial charge in [0.2, 0.25) is 0 Å². The molecule has 8 heteroatoms. The van der Waals surface area contributed by atoms with Crippen LogP contribution in [0.5, 0.6) is 0 Å². The summed E-state index contributed by atoms with van der Waals surface area (Å²) in [5.74, 6) is -1.57. The summed E-state index contributed by atoms with van der Waals surface area (Å²) in [6.07, 6.45) is 0.207. The molecule has 0 N–H and O–H groups in total. The van der Waals surface area contributed by atoms with Crippen molar-refractivity contribution in [1.29, 1.82) is 0 Å². The lowest BCUT2D eigenvalue weighted by Gasteiger charge is -2.32. The number of benzene rings is 2. The van der Waals surface area contributed by atoms with E-state index in [1.165, 1.54) is 24.3 Å². The van der Waals surface area contributed by atoms with Crippen molar-refractivity contribution in [1.82, 2.24) is 0 Å². The standard InChI is InChI=1S/C18H14Cl6F2/c19-17(20,21)9-15(11-1-5-13(25)6-2-11)16(10-18(22,23)24)12-3-7-14(26)8-4-12/h1-8,15-16H,9-10H2. The number of alkyl halides is 6. The van der Waals surface area contributed by atoms with E-state index in [9.17, 15) is 8.78 Å². The molecule has 0 saturated heterocycles. The van der Waals surface area contributed by atoms with Gasteiger partial charge >= 0.3 is 0 Å². The van der Waals surface area contributed by atoms with Gasteiger partial charge in [0, 0.05) is 12.8 Å². The zero-order chi connectivity index (χ0) is 19.5. The largest absolute Gasteiger partial charge is 0.207 e. The quantitative estimate of drug-likeness (QED) is 0.377. The molecule has 0 aliphatic carbocycles. The van der Waals surface area contributed by atoms with E-state index >= 15 is 0 Å². The number of halogens is 8. The predicted octanol–water partition coefficient (Wildman–Crippen LogP) is 8.35. The van der Waals surface area contributed by atoms with Crippen LogP contribution >= 0.6 is 69.6 Å². The highest BCUT2D eigenvalue weighted by Crippen LogP contribution is 2.49. The van der Waals surface area contributed by atoms with Crippen LogP contribution in [0.25, 0.3) is 0 Å². The number of rotatable bonds is 5. The molecule has 26 heavy (non-hydrogen) atoms. The highest BCUT2D eigenvalue weighted by molar-refractivity contribution is 6.68. The lowest BCUT2D eigenvalue weighted by molar-refractivity contribution is 0.483. The summed E-state index contributed by atoms with van der Waals surface area (Å²) in [5, 5.41) is 0. The van der Waals surface area contributed by atoms with Crippen molar-refractivity contribution in [3.05, 3.63) is 71.3 Å². The Morgan fingerprint density at radius 3 is 1.08 bits per heavy atom. The first-order valence-corrected chi connectivity index (χ1v) is 9.86. The van der Waals surface area contributed by atoms with Gasteiger partial charge in [0.25, 0.3) is 0 Å². The summed E-state index contributed by atoms with van der Waals surface area (Å²) in [6, 6.07) is 11.7. The van der Waals surface area contributed by atoms with E-state index in [1.807, 2.05) is 0 Å². The lowest BCUT2D eigenvalue weighted by Crippen LogP contribution is -2.22. The molecule has 2 aromatic rings. The Morgan fingerprint density at radius 1 is 0.577 bits per heavy atom. The minimum Gasteiger partial charge on any atom is -0.207 e. The van der Waals surface area contributed by atoms with Crippen LogP contribution in [-0.4, -0.2) is 7.59 Å². The molecule has 142 valence electrons. The minimum atomic E-state index is -1.58. The smallest absolute Gasteiger partial charge is 0.191 e. The number of hydrogen-bond acceptors (Lipinski definition) is 0. The van der Waals surface area contributed by atoms with Crippen molar-refractivity contribution >= 4 is 69.6 Å². The van der Waals surface area contributed by atoms with Gasteiger partial charge in [0.05, 0.1) is 0 Å². The molecule has 0 aliphatic heterocycles. The molecule has 0 heterocycles. The molecule has 0 spiro atoms. The molecule has 2 atom stereocenters. The maximum absolute atomic E-state index is 13.3. The Bertz CT molecular complexity index is 641. The van der Waals surface area contributed by atoms with E-state index in [2.05, 4.69) is 0 Å². The SMILES string of the molecule is Fc1ccc(C(CC(Cl)(Cl)Cl)C(CC(Cl)(Cl)Cl)c2ccc(F)cc2)cc1. The Kier molecular flexibility index (Phi) is 7.75. The van der Waals surface area contributed by atoms with E-state index in [0.29, 0.717) is 0 Å². The predicted molar refractivity (Wildman–Crippen MR) is 108 cm³/mol. The van der Waals surface area contributed by atoms with Crippen LogP contribution < -0.4 is 0 Å².